The highest BCUT2D eigenvalue weighted by atomic mass is 32.1. The number of carbonyl (C=O) groups is 1. The molecule has 22 heavy (non-hydrogen) atoms. The first-order chi connectivity index (χ1) is 10.6. The summed E-state index contributed by atoms with van der Waals surface area (Å²) in [6.07, 6.45) is 3.39. The molecule has 0 fully saturated rings. The van der Waals surface area contributed by atoms with Crippen LogP contribution in [0.25, 0.3) is 0 Å². The second-order valence-electron chi connectivity index (χ2n) is 4.64. The van der Waals surface area contributed by atoms with Crippen molar-refractivity contribution in [2.24, 2.45) is 0 Å². The van der Waals surface area contributed by atoms with Gasteiger partial charge in [0.1, 0.15) is 11.5 Å². The molecule has 0 aliphatic rings. The smallest absolute Gasteiger partial charge is 0.262 e. The third kappa shape index (κ3) is 3.38. The van der Waals surface area contributed by atoms with E-state index in [0.717, 1.165) is 11.6 Å². The largest absolute Gasteiger partial charge is 0.508 e. The van der Waals surface area contributed by atoms with Crippen molar-refractivity contribution < 1.29 is 15.0 Å². The number of phenols is 2. The summed E-state index contributed by atoms with van der Waals surface area (Å²) in [5.41, 5.74) is 1.79. The normalized spacial score (nSPS) is 11.2. The standard InChI is InChI=1S/C17H17NO3S/c1-3-13(4-2)18(10-12-7-8-22-11-12)17(21)15-6-5-14(19)9-16(15)20/h3-9,11,19-20H,1,10H2,2H3. The highest BCUT2D eigenvalue weighted by Crippen LogP contribution is 2.26. The van der Waals surface area contributed by atoms with Crippen LogP contribution in [0.3, 0.4) is 0 Å². The van der Waals surface area contributed by atoms with Gasteiger partial charge in [0.05, 0.1) is 12.1 Å². The first-order valence-electron chi connectivity index (χ1n) is 6.70. The quantitative estimate of drug-likeness (QED) is 0.823. The van der Waals surface area contributed by atoms with Crippen molar-refractivity contribution >= 4 is 17.2 Å². The molecule has 1 aromatic carbocycles. The third-order valence-electron chi connectivity index (χ3n) is 3.19. The van der Waals surface area contributed by atoms with Gasteiger partial charge in [-0.15, -0.1) is 0 Å². The van der Waals surface area contributed by atoms with E-state index < -0.39 is 0 Å². The number of rotatable bonds is 5. The van der Waals surface area contributed by atoms with Crippen LogP contribution in [0.15, 0.2) is 59.5 Å². The number of allylic oxidation sites excluding steroid dienone is 2. The predicted molar refractivity (Wildman–Crippen MR) is 87.9 cm³/mol. The van der Waals surface area contributed by atoms with Crippen molar-refractivity contribution in [1.29, 1.82) is 0 Å². The SMILES string of the molecule is C=CC(=CC)N(Cc1ccsc1)C(=O)c1ccc(O)cc1O. The van der Waals surface area contributed by atoms with Crippen LogP contribution in [0.5, 0.6) is 11.5 Å². The molecule has 2 aromatic rings. The Morgan fingerprint density at radius 1 is 1.36 bits per heavy atom. The monoisotopic (exact) mass is 315 g/mol. The molecule has 2 rings (SSSR count). The van der Waals surface area contributed by atoms with Gasteiger partial charge >= 0.3 is 0 Å². The summed E-state index contributed by atoms with van der Waals surface area (Å²) in [4.78, 5) is 14.3. The highest BCUT2D eigenvalue weighted by molar-refractivity contribution is 7.07. The van der Waals surface area contributed by atoms with Gasteiger partial charge < -0.3 is 15.1 Å². The summed E-state index contributed by atoms with van der Waals surface area (Å²) in [6, 6.07) is 5.88. The molecule has 114 valence electrons. The van der Waals surface area contributed by atoms with E-state index in [0.29, 0.717) is 12.2 Å². The molecule has 0 unspecified atom stereocenters. The molecule has 0 aliphatic carbocycles. The van der Waals surface area contributed by atoms with Gasteiger partial charge in [-0.1, -0.05) is 12.7 Å². The Hall–Kier alpha value is -2.53. The zero-order chi connectivity index (χ0) is 16.1. The van der Waals surface area contributed by atoms with Crippen LogP contribution in [-0.2, 0) is 6.54 Å². The number of nitrogens with zero attached hydrogens (tertiary/aromatic N) is 1. The van der Waals surface area contributed by atoms with E-state index in [2.05, 4.69) is 6.58 Å². The van der Waals surface area contributed by atoms with Crippen LogP contribution in [-0.4, -0.2) is 21.0 Å². The second-order valence-corrected chi connectivity index (χ2v) is 5.42. The summed E-state index contributed by atoms with van der Waals surface area (Å²) in [5.74, 6) is -0.690. The van der Waals surface area contributed by atoms with E-state index in [1.54, 1.807) is 28.4 Å². The summed E-state index contributed by atoms with van der Waals surface area (Å²) in [6.45, 7) is 5.94. The van der Waals surface area contributed by atoms with Crippen LogP contribution >= 0.6 is 11.3 Å². The first-order valence-corrected chi connectivity index (χ1v) is 7.64. The van der Waals surface area contributed by atoms with Gasteiger partial charge in [-0.05, 0) is 47.5 Å². The summed E-state index contributed by atoms with van der Waals surface area (Å²) < 4.78 is 0. The summed E-state index contributed by atoms with van der Waals surface area (Å²) >= 11 is 1.56. The Bertz CT molecular complexity index is 705. The van der Waals surface area contributed by atoms with E-state index in [9.17, 15) is 15.0 Å². The average Bonchev–Trinajstić information content (AvgIpc) is 3.00. The molecule has 5 heteroatoms. The lowest BCUT2D eigenvalue weighted by atomic mass is 10.1. The number of amides is 1. The van der Waals surface area contributed by atoms with Gasteiger partial charge in [0.25, 0.3) is 5.91 Å². The molecule has 0 atom stereocenters. The Morgan fingerprint density at radius 2 is 2.14 bits per heavy atom. The molecule has 0 aliphatic heterocycles. The van der Waals surface area contributed by atoms with Crippen molar-refractivity contribution in [3.8, 4) is 11.5 Å². The molecule has 4 nitrogen and oxygen atoms in total. The first kappa shape index (κ1) is 15.9. The number of aromatic hydroxyl groups is 2. The molecule has 2 N–H and O–H groups in total. The molecule has 0 saturated heterocycles. The molecule has 0 saturated carbocycles. The van der Waals surface area contributed by atoms with Gasteiger partial charge in [-0.25, -0.2) is 0 Å². The van der Waals surface area contributed by atoms with Gasteiger partial charge in [0.15, 0.2) is 0 Å². The van der Waals surface area contributed by atoms with Gasteiger partial charge in [-0.2, -0.15) is 11.3 Å². The lowest BCUT2D eigenvalue weighted by Crippen LogP contribution is -2.29. The van der Waals surface area contributed by atoms with Crippen molar-refractivity contribution in [1.82, 2.24) is 4.90 Å². The molecule has 0 radical (unpaired) electrons. The fourth-order valence-electron chi connectivity index (χ4n) is 2.08. The maximum atomic E-state index is 12.8. The highest BCUT2D eigenvalue weighted by Gasteiger charge is 2.21. The number of hydrogen-bond acceptors (Lipinski definition) is 4. The second kappa shape index (κ2) is 6.95. The Morgan fingerprint density at radius 3 is 2.68 bits per heavy atom. The minimum Gasteiger partial charge on any atom is -0.508 e. The fourth-order valence-corrected chi connectivity index (χ4v) is 2.74. The van der Waals surface area contributed by atoms with Crippen LogP contribution < -0.4 is 0 Å². The molecule has 1 amide bonds. The number of thiophene rings is 1. The van der Waals surface area contributed by atoms with Crippen molar-refractivity contribution in [2.45, 2.75) is 13.5 Å². The van der Waals surface area contributed by atoms with Crippen molar-refractivity contribution in [2.75, 3.05) is 0 Å². The van der Waals surface area contributed by atoms with E-state index in [4.69, 9.17) is 0 Å². The topological polar surface area (TPSA) is 60.8 Å². The van der Waals surface area contributed by atoms with Crippen molar-refractivity contribution in [3.05, 3.63) is 70.6 Å². The molecular weight excluding hydrogens is 298 g/mol. The molecular formula is C17H17NO3S. The summed E-state index contributed by atoms with van der Waals surface area (Å²) in [5, 5.41) is 23.2. The Kier molecular flexibility index (Phi) is 5.01. The van der Waals surface area contributed by atoms with Crippen molar-refractivity contribution in [3.63, 3.8) is 0 Å². The molecule has 1 aromatic heterocycles. The minimum absolute atomic E-state index is 0.0894. The van der Waals surface area contributed by atoms with Crippen LogP contribution in [0.2, 0.25) is 0 Å². The Balaban J connectivity index is 2.39. The molecule has 0 bridgehead atoms. The lowest BCUT2D eigenvalue weighted by Gasteiger charge is -2.24. The molecule has 1 heterocycles. The van der Waals surface area contributed by atoms with E-state index in [-0.39, 0.29) is 23.0 Å². The number of benzene rings is 1. The van der Waals surface area contributed by atoms with E-state index in [1.165, 1.54) is 12.1 Å². The Labute approximate surface area is 133 Å². The van der Waals surface area contributed by atoms with Crippen LogP contribution in [0.1, 0.15) is 22.8 Å². The maximum Gasteiger partial charge on any atom is 0.262 e. The number of phenolic OH excluding ortho intramolecular Hbond substituents is 2. The zero-order valence-electron chi connectivity index (χ0n) is 12.2. The maximum absolute atomic E-state index is 12.8. The molecule has 0 spiro atoms. The fraction of sp³-hybridized carbons (Fsp3) is 0.118. The van der Waals surface area contributed by atoms with Gasteiger partial charge in [0, 0.05) is 11.8 Å². The summed E-state index contributed by atoms with van der Waals surface area (Å²) in [7, 11) is 0. The third-order valence-corrected chi connectivity index (χ3v) is 3.93. The minimum atomic E-state index is -0.350. The van der Waals surface area contributed by atoms with E-state index in [1.807, 2.05) is 23.8 Å². The number of carbonyl (C=O) groups excluding carboxylic acids is 1. The van der Waals surface area contributed by atoms with Gasteiger partial charge in [-0.3, -0.25) is 4.79 Å². The van der Waals surface area contributed by atoms with Crippen LogP contribution in [0, 0.1) is 0 Å². The van der Waals surface area contributed by atoms with E-state index >= 15 is 0 Å². The zero-order valence-corrected chi connectivity index (χ0v) is 13.0. The van der Waals surface area contributed by atoms with Gasteiger partial charge in [0.2, 0.25) is 0 Å². The average molecular weight is 315 g/mol. The predicted octanol–water partition coefficient (Wildman–Crippen LogP) is 3.89. The van der Waals surface area contributed by atoms with Crippen LogP contribution in [0.4, 0.5) is 0 Å². The number of hydrogen-bond donors (Lipinski definition) is 2. The lowest BCUT2D eigenvalue weighted by molar-refractivity contribution is 0.0798.